The molecule has 7 heteroatoms. The van der Waals surface area contributed by atoms with Crippen molar-refractivity contribution in [1.29, 1.82) is 0 Å². The van der Waals surface area contributed by atoms with Gasteiger partial charge >= 0.3 is 0 Å². The molecule has 0 unspecified atom stereocenters. The summed E-state index contributed by atoms with van der Waals surface area (Å²) in [5, 5.41) is 3.79. The van der Waals surface area contributed by atoms with Crippen LogP contribution in [-0.4, -0.2) is 85.5 Å². The molecule has 0 aliphatic carbocycles. The number of nitrogens with zero attached hydrogens (tertiary/aromatic N) is 3. The number of hydrogen-bond acceptors (Lipinski definition) is 5. The number of hydrogen-bond donors (Lipinski definition) is 0. The Morgan fingerprint density at radius 1 is 1.05 bits per heavy atom. The highest BCUT2D eigenvalue weighted by Gasteiger charge is 2.26. The summed E-state index contributed by atoms with van der Waals surface area (Å²) in [5.41, 5.74) is 0.748. The monoisotopic (exact) mass is 323 g/mol. The largest absolute Gasteiger partial charge is 0.379 e. The molecule has 0 spiro atoms. The summed E-state index contributed by atoms with van der Waals surface area (Å²) in [5.74, 6) is 0.228. The lowest BCUT2D eigenvalue weighted by Crippen LogP contribution is -2.53. The molecular weight excluding hydrogens is 302 g/mol. The molecule has 22 heavy (non-hydrogen) atoms. The molecule has 2 saturated heterocycles. The predicted molar refractivity (Wildman–Crippen MR) is 84.1 cm³/mol. The fourth-order valence-electron chi connectivity index (χ4n) is 2.78. The zero-order valence-electron chi connectivity index (χ0n) is 12.6. The van der Waals surface area contributed by atoms with Crippen LogP contribution < -0.4 is 0 Å². The number of ether oxygens (including phenoxy) is 1. The van der Waals surface area contributed by atoms with E-state index in [4.69, 9.17) is 4.74 Å². The first-order valence-corrected chi connectivity index (χ1v) is 8.57. The van der Waals surface area contributed by atoms with Gasteiger partial charge in [-0.3, -0.25) is 14.5 Å². The van der Waals surface area contributed by atoms with Crippen LogP contribution in [0, 0.1) is 0 Å². The quantitative estimate of drug-likeness (QED) is 0.806. The number of amides is 2. The first kappa shape index (κ1) is 15.5. The smallest absolute Gasteiger partial charge is 0.254 e. The Hall–Kier alpha value is -1.44. The molecular formula is C15H21N3O3S. The molecule has 2 aliphatic heterocycles. The Labute approximate surface area is 134 Å². The van der Waals surface area contributed by atoms with Gasteiger partial charge in [0.25, 0.3) is 5.91 Å². The van der Waals surface area contributed by atoms with Gasteiger partial charge in [0.2, 0.25) is 5.91 Å². The Morgan fingerprint density at radius 2 is 1.73 bits per heavy atom. The van der Waals surface area contributed by atoms with Gasteiger partial charge in [0, 0.05) is 44.6 Å². The van der Waals surface area contributed by atoms with Crippen LogP contribution in [0.15, 0.2) is 16.8 Å². The maximum absolute atomic E-state index is 12.3. The predicted octanol–water partition coefficient (Wildman–Crippen LogP) is 0.365. The van der Waals surface area contributed by atoms with Crippen molar-refractivity contribution in [1.82, 2.24) is 14.7 Å². The van der Waals surface area contributed by atoms with Crippen molar-refractivity contribution >= 4 is 23.2 Å². The van der Waals surface area contributed by atoms with E-state index in [1.165, 1.54) is 11.3 Å². The first-order chi connectivity index (χ1) is 10.7. The number of morpholine rings is 1. The third-order valence-electron chi connectivity index (χ3n) is 4.15. The highest BCUT2D eigenvalue weighted by molar-refractivity contribution is 7.08. The van der Waals surface area contributed by atoms with Crippen LogP contribution in [0.4, 0.5) is 0 Å². The summed E-state index contributed by atoms with van der Waals surface area (Å²) in [6.07, 6.45) is 0. The van der Waals surface area contributed by atoms with Crippen molar-refractivity contribution in [3.63, 3.8) is 0 Å². The maximum atomic E-state index is 12.3. The zero-order valence-corrected chi connectivity index (χ0v) is 13.4. The third kappa shape index (κ3) is 3.66. The van der Waals surface area contributed by atoms with Crippen molar-refractivity contribution in [2.75, 3.05) is 59.0 Å². The Morgan fingerprint density at radius 3 is 2.36 bits per heavy atom. The molecule has 6 nitrogen and oxygen atoms in total. The van der Waals surface area contributed by atoms with Gasteiger partial charge < -0.3 is 14.5 Å². The van der Waals surface area contributed by atoms with Crippen molar-refractivity contribution < 1.29 is 14.3 Å². The molecule has 1 aromatic rings. The first-order valence-electron chi connectivity index (χ1n) is 7.63. The molecule has 0 atom stereocenters. The molecule has 3 rings (SSSR count). The van der Waals surface area contributed by atoms with Gasteiger partial charge in [-0.25, -0.2) is 0 Å². The molecule has 2 aliphatic rings. The van der Waals surface area contributed by atoms with Gasteiger partial charge in [-0.15, -0.1) is 0 Å². The highest BCUT2D eigenvalue weighted by Crippen LogP contribution is 2.12. The standard InChI is InChI=1S/C15H21N3O3S/c19-14(11-16-6-8-21-9-7-16)17-2-4-18(5-3-17)15(20)13-1-10-22-12-13/h1,10,12H,2-9,11H2. The number of carbonyl (C=O) groups excluding carboxylic acids is 2. The van der Waals surface area contributed by atoms with Gasteiger partial charge in [-0.05, 0) is 11.4 Å². The van der Waals surface area contributed by atoms with Crippen LogP contribution in [0.3, 0.4) is 0 Å². The summed E-state index contributed by atoms with van der Waals surface area (Å²) in [4.78, 5) is 30.4. The molecule has 2 amide bonds. The summed E-state index contributed by atoms with van der Waals surface area (Å²) >= 11 is 1.53. The van der Waals surface area contributed by atoms with Crippen molar-refractivity contribution in [3.05, 3.63) is 22.4 Å². The Bertz CT molecular complexity index is 506. The normalized spacial score (nSPS) is 20.2. The van der Waals surface area contributed by atoms with Gasteiger partial charge in [0.05, 0.1) is 25.3 Å². The summed E-state index contributed by atoms with van der Waals surface area (Å²) < 4.78 is 5.29. The van der Waals surface area contributed by atoms with Crippen molar-refractivity contribution in [2.24, 2.45) is 0 Å². The van der Waals surface area contributed by atoms with Gasteiger partial charge in [0.1, 0.15) is 0 Å². The Kier molecular flexibility index (Phi) is 5.07. The van der Waals surface area contributed by atoms with E-state index in [2.05, 4.69) is 4.90 Å². The van der Waals surface area contributed by atoms with E-state index in [1.54, 1.807) is 0 Å². The minimum absolute atomic E-state index is 0.0709. The molecule has 0 bridgehead atoms. The second kappa shape index (κ2) is 7.21. The second-order valence-corrected chi connectivity index (χ2v) is 6.35. The van der Waals surface area contributed by atoms with Crippen LogP contribution in [0.1, 0.15) is 10.4 Å². The van der Waals surface area contributed by atoms with Crippen molar-refractivity contribution in [3.8, 4) is 0 Å². The van der Waals surface area contributed by atoms with Gasteiger partial charge in [0.15, 0.2) is 0 Å². The van der Waals surface area contributed by atoms with Crippen molar-refractivity contribution in [2.45, 2.75) is 0 Å². The molecule has 0 aromatic carbocycles. The molecule has 1 aromatic heterocycles. The molecule has 0 saturated carbocycles. The number of piperazine rings is 1. The average molecular weight is 323 g/mol. The lowest BCUT2D eigenvalue weighted by Gasteiger charge is -2.36. The van der Waals surface area contributed by atoms with E-state index in [-0.39, 0.29) is 11.8 Å². The number of carbonyl (C=O) groups is 2. The van der Waals surface area contributed by atoms with E-state index in [1.807, 2.05) is 26.6 Å². The molecule has 120 valence electrons. The molecule has 0 N–H and O–H groups in total. The fourth-order valence-corrected chi connectivity index (χ4v) is 3.41. The molecule has 2 fully saturated rings. The third-order valence-corrected chi connectivity index (χ3v) is 4.83. The van der Waals surface area contributed by atoms with E-state index in [0.29, 0.717) is 45.9 Å². The van der Waals surface area contributed by atoms with E-state index in [9.17, 15) is 9.59 Å². The minimum Gasteiger partial charge on any atom is -0.379 e. The van der Waals surface area contributed by atoms with Gasteiger partial charge in [-0.1, -0.05) is 0 Å². The summed E-state index contributed by atoms with van der Waals surface area (Å²) in [6, 6.07) is 1.85. The van der Waals surface area contributed by atoms with E-state index in [0.717, 1.165) is 18.7 Å². The summed E-state index contributed by atoms with van der Waals surface area (Å²) in [7, 11) is 0. The van der Waals surface area contributed by atoms with E-state index >= 15 is 0 Å². The lowest BCUT2D eigenvalue weighted by atomic mass is 10.2. The van der Waals surface area contributed by atoms with Crippen LogP contribution in [-0.2, 0) is 9.53 Å². The zero-order chi connectivity index (χ0) is 15.4. The maximum Gasteiger partial charge on any atom is 0.254 e. The van der Waals surface area contributed by atoms with Gasteiger partial charge in [-0.2, -0.15) is 11.3 Å². The SMILES string of the molecule is O=C(CN1CCOCC1)N1CCN(C(=O)c2ccsc2)CC1. The minimum atomic E-state index is 0.0709. The summed E-state index contributed by atoms with van der Waals surface area (Å²) in [6.45, 7) is 5.99. The topological polar surface area (TPSA) is 53.1 Å². The highest BCUT2D eigenvalue weighted by atomic mass is 32.1. The van der Waals surface area contributed by atoms with Crippen LogP contribution in [0.5, 0.6) is 0 Å². The molecule has 3 heterocycles. The van der Waals surface area contributed by atoms with Crippen LogP contribution >= 0.6 is 11.3 Å². The average Bonchev–Trinajstić information content (AvgIpc) is 3.10. The van der Waals surface area contributed by atoms with Crippen LogP contribution in [0.25, 0.3) is 0 Å². The number of thiophene rings is 1. The van der Waals surface area contributed by atoms with E-state index < -0.39 is 0 Å². The second-order valence-electron chi connectivity index (χ2n) is 5.57. The number of rotatable bonds is 3. The molecule has 0 radical (unpaired) electrons. The van der Waals surface area contributed by atoms with Crippen LogP contribution in [0.2, 0.25) is 0 Å². The fraction of sp³-hybridized carbons (Fsp3) is 0.600. The lowest BCUT2D eigenvalue weighted by molar-refractivity contribution is -0.134. The Balaban J connectivity index is 1.46.